The molecule has 1 aromatic heterocycles. The second-order valence-electron chi connectivity index (χ2n) is 7.28. The van der Waals surface area contributed by atoms with Gasteiger partial charge in [0.25, 0.3) is 5.91 Å². The topological polar surface area (TPSA) is 98.1 Å². The Balaban J connectivity index is 1.64. The maximum atomic E-state index is 12.7. The van der Waals surface area contributed by atoms with Crippen molar-refractivity contribution >= 4 is 40.9 Å². The number of aromatic nitrogens is 3. The minimum Gasteiger partial charge on any atom is -0.496 e. The molecule has 8 nitrogen and oxygen atoms in total. The van der Waals surface area contributed by atoms with Crippen molar-refractivity contribution in [3.05, 3.63) is 64.4 Å². The number of para-hydroxylation sites is 1. The first-order valence-corrected chi connectivity index (χ1v) is 11.8. The number of halogens is 1. The SMILES string of the molecule is CCn1c(SCC(=O)Nc2ccc(C)c(Cl)c2)nnc1[C@H](C)NC(=O)c1ccccc1OC. The number of carbonyl (C=O) groups excluding carboxylic acids is 2. The van der Waals surface area contributed by atoms with Crippen LogP contribution in [-0.2, 0) is 11.3 Å². The fourth-order valence-electron chi connectivity index (χ4n) is 3.19. The van der Waals surface area contributed by atoms with Crippen LogP contribution in [0.1, 0.15) is 41.6 Å². The Kier molecular flexibility index (Phi) is 8.35. The van der Waals surface area contributed by atoms with Gasteiger partial charge in [0.15, 0.2) is 11.0 Å². The first-order chi connectivity index (χ1) is 15.8. The Bertz CT molecular complexity index is 1150. The molecular weight excluding hydrogens is 462 g/mol. The molecule has 0 unspecified atom stereocenters. The van der Waals surface area contributed by atoms with Gasteiger partial charge in [-0.05, 0) is 50.6 Å². The number of benzene rings is 2. The molecule has 0 radical (unpaired) electrons. The normalized spacial score (nSPS) is 11.7. The summed E-state index contributed by atoms with van der Waals surface area (Å²) in [4.78, 5) is 25.1. The first-order valence-electron chi connectivity index (χ1n) is 10.4. The molecule has 0 spiro atoms. The van der Waals surface area contributed by atoms with Crippen LogP contribution in [0.25, 0.3) is 0 Å². The van der Waals surface area contributed by atoms with E-state index in [0.29, 0.717) is 39.5 Å². The third-order valence-electron chi connectivity index (χ3n) is 4.94. The minimum absolute atomic E-state index is 0.158. The van der Waals surface area contributed by atoms with E-state index in [9.17, 15) is 9.59 Å². The maximum absolute atomic E-state index is 12.7. The lowest BCUT2D eigenvalue weighted by Gasteiger charge is -2.16. The Labute approximate surface area is 202 Å². The van der Waals surface area contributed by atoms with Crippen molar-refractivity contribution in [2.24, 2.45) is 0 Å². The van der Waals surface area contributed by atoms with E-state index in [4.69, 9.17) is 16.3 Å². The quantitative estimate of drug-likeness (QED) is 0.431. The largest absolute Gasteiger partial charge is 0.496 e. The fourth-order valence-corrected chi connectivity index (χ4v) is 4.18. The zero-order valence-corrected chi connectivity index (χ0v) is 20.5. The molecular formula is C23H26ClN5O3S. The summed E-state index contributed by atoms with van der Waals surface area (Å²) < 4.78 is 7.15. The Hall–Kier alpha value is -3.04. The zero-order valence-electron chi connectivity index (χ0n) is 18.9. The molecule has 0 aliphatic heterocycles. The fraction of sp³-hybridized carbons (Fsp3) is 0.304. The van der Waals surface area contributed by atoms with E-state index in [1.165, 1.54) is 18.9 Å². The molecule has 3 aromatic rings. The van der Waals surface area contributed by atoms with Gasteiger partial charge in [-0.2, -0.15) is 0 Å². The van der Waals surface area contributed by atoms with Crippen LogP contribution in [0, 0.1) is 6.92 Å². The van der Waals surface area contributed by atoms with Crippen molar-refractivity contribution in [3.8, 4) is 5.75 Å². The highest BCUT2D eigenvalue weighted by Gasteiger charge is 2.21. The van der Waals surface area contributed by atoms with E-state index in [-0.39, 0.29) is 17.6 Å². The molecule has 1 heterocycles. The predicted octanol–water partition coefficient (Wildman–Crippen LogP) is 4.49. The van der Waals surface area contributed by atoms with Crippen LogP contribution in [0.5, 0.6) is 5.75 Å². The third-order valence-corrected chi connectivity index (χ3v) is 6.31. The number of anilines is 1. The highest BCUT2D eigenvalue weighted by atomic mass is 35.5. The Morgan fingerprint density at radius 2 is 1.97 bits per heavy atom. The lowest BCUT2D eigenvalue weighted by atomic mass is 10.1. The summed E-state index contributed by atoms with van der Waals surface area (Å²) in [5, 5.41) is 15.5. The Morgan fingerprint density at radius 3 is 2.67 bits per heavy atom. The molecule has 0 saturated heterocycles. The molecule has 2 amide bonds. The smallest absolute Gasteiger partial charge is 0.255 e. The van der Waals surface area contributed by atoms with Gasteiger partial charge >= 0.3 is 0 Å². The molecule has 3 rings (SSSR count). The van der Waals surface area contributed by atoms with Crippen LogP contribution in [0.4, 0.5) is 5.69 Å². The van der Waals surface area contributed by atoms with Gasteiger partial charge in [-0.25, -0.2) is 0 Å². The van der Waals surface area contributed by atoms with Crippen LogP contribution < -0.4 is 15.4 Å². The van der Waals surface area contributed by atoms with Crippen molar-refractivity contribution in [2.45, 2.75) is 38.5 Å². The number of aryl methyl sites for hydroxylation is 1. The zero-order chi connectivity index (χ0) is 24.0. The standard InChI is InChI=1S/C23H26ClN5O3S/c1-5-29-21(15(3)25-22(31)17-8-6-7-9-19(17)32-4)27-28-23(29)33-13-20(30)26-16-11-10-14(2)18(24)12-16/h6-12,15H,5,13H2,1-4H3,(H,25,31)(H,26,30)/t15-/m0/s1. The third kappa shape index (κ3) is 6.06. The number of methoxy groups -OCH3 is 1. The van der Waals surface area contributed by atoms with Crippen LogP contribution in [0.2, 0.25) is 5.02 Å². The number of nitrogens with one attached hydrogen (secondary N) is 2. The molecule has 10 heteroatoms. The van der Waals surface area contributed by atoms with Crippen LogP contribution in [0.3, 0.4) is 0 Å². The van der Waals surface area contributed by atoms with Crippen LogP contribution in [0.15, 0.2) is 47.6 Å². The summed E-state index contributed by atoms with van der Waals surface area (Å²) in [7, 11) is 1.52. The minimum atomic E-state index is -0.396. The number of hydrogen-bond acceptors (Lipinski definition) is 6. The number of amides is 2. The van der Waals surface area contributed by atoms with Crippen LogP contribution >= 0.6 is 23.4 Å². The molecule has 0 aliphatic rings. The van der Waals surface area contributed by atoms with Gasteiger partial charge in [-0.15, -0.1) is 10.2 Å². The maximum Gasteiger partial charge on any atom is 0.255 e. The van der Waals surface area contributed by atoms with E-state index in [1.807, 2.05) is 37.5 Å². The van der Waals surface area contributed by atoms with Crippen LogP contribution in [-0.4, -0.2) is 39.4 Å². The number of nitrogens with zero attached hydrogens (tertiary/aromatic N) is 3. The number of carbonyl (C=O) groups is 2. The molecule has 174 valence electrons. The predicted molar refractivity (Wildman–Crippen MR) is 130 cm³/mol. The average molecular weight is 488 g/mol. The van der Waals surface area contributed by atoms with E-state index in [1.54, 1.807) is 30.3 Å². The number of hydrogen-bond donors (Lipinski definition) is 2. The van der Waals surface area contributed by atoms with Gasteiger partial charge in [0.2, 0.25) is 5.91 Å². The highest BCUT2D eigenvalue weighted by molar-refractivity contribution is 7.99. The van der Waals surface area contributed by atoms with E-state index in [0.717, 1.165) is 5.56 Å². The summed E-state index contributed by atoms with van der Waals surface area (Å²) >= 11 is 7.40. The van der Waals surface area contributed by atoms with Crippen molar-refractivity contribution in [1.29, 1.82) is 0 Å². The number of rotatable bonds is 9. The van der Waals surface area contributed by atoms with Crippen molar-refractivity contribution in [3.63, 3.8) is 0 Å². The molecule has 33 heavy (non-hydrogen) atoms. The van der Waals surface area contributed by atoms with Gasteiger partial charge in [-0.3, -0.25) is 9.59 Å². The Morgan fingerprint density at radius 1 is 1.21 bits per heavy atom. The van der Waals surface area contributed by atoms with E-state index < -0.39 is 6.04 Å². The van der Waals surface area contributed by atoms with E-state index >= 15 is 0 Å². The second kappa shape index (κ2) is 11.2. The second-order valence-corrected chi connectivity index (χ2v) is 8.63. The summed E-state index contributed by atoms with van der Waals surface area (Å²) in [5.41, 5.74) is 2.03. The molecule has 0 saturated carbocycles. The molecule has 1 atom stereocenters. The van der Waals surface area contributed by atoms with Crippen molar-refractivity contribution in [2.75, 3.05) is 18.2 Å². The molecule has 2 aromatic carbocycles. The average Bonchev–Trinajstić information content (AvgIpc) is 3.23. The van der Waals surface area contributed by atoms with Gasteiger partial charge in [-0.1, -0.05) is 41.6 Å². The molecule has 0 bridgehead atoms. The monoisotopic (exact) mass is 487 g/mol. The van der Waals surface area contributed by atoms with Gasteiger partial charge < -0.3 is 19.9 Å². The summed E-state index contributed by atoms with van der Waals surface area (Å²) in [6.45, 7) is 6.29. The highest BCUT2D eigenvalue weighted by Crippen LogP contribution is 2.24. The van der Waals surface area contributed by atoms with Gasteiger partial charge in [0.05, 0.1) is 24.5 Å². The summed E-state index contributed by atoms with van der Waals surface area (Å²) in [5.74, 6) is 0.817. The summed E-state index contributed by atoms with van der Waals surface area (Å²) in [6.07, 6.45) is 0. The first kappa shape index (κ1) is 24.6. The van der Waals surface area contributed by atoms with Gasteiger partial charge in [0, 0.05) is 17.3 Å². The van der Waals surface area contributed by atoms with E-state index in [2.05, 4.69) is 20.8 Å². The molecule has 2 N–H and O–H groups in total. The lowest BCUT2D eigenvalue weighted by molar-refractivity contribution is -0.113. The number of ether oxygens (including phenoxy) is 1. The van der Waals surface area contributed by atoms with Gasteiger partial charge in [0.1, 0.15) is 5.75 Å². The molecule has 0 aliphatic carbocycles. The molecule has 0 fully saturated rings. The lowest BCUT2D eigenvalue weighted by Crippen LogP contribution is -2.29. The summed E-state index contributed by atoms with van der Waals surface area (Å²) in [6, 6.07) is 12.0. The van der Waals surface area contributed by atoms with Crippen molar-refractivity contribution < 1.29 is 14.3 Å². The number of thioether (sulfide) groups is 1. The van der Waals surface area contributed by atoms with Crippen molar-refractivity contribution in [1.82, 2.24) is 20.1 Å².